The van der Waals surface area contributed by atoms with Gasteiger partial charge in [0.05, 0.1) is 5.69 Å². The summed E-state index contributed by atoms with van der Waals surface area (Å²) in [5.41, 5.74) is 1.46. The Morgan fingerprint density at radius 2 is 1.91 bits per heavy atom. The third kappa shape index (κ3) is 3.08. The molecular weight excluding hydrogens is 276 g/mol. The maximum absolute atomic E-state index is 12.2. The largest absolute Gasteiger partial charge is 0.275 e. The Morgan fingerprint density at radius 3 is 2.68 bits per heavy atom. The van der Waals surface area contributed by atoms with Crippen LogP contribution in [0.3, 0.4) is 0 Å². The number of nitrogens with one attached hydrogen (secondary N) is 1. The smallest absolute Gasteiger partial charge is 0.274 e. The summed E-state index contributed by atoms with van der Waals surface area (Å²) in [5, 5.41) is 3.05. The van der Waals surface area contributed by atoms with E-state index in [-0.39, 0.29) is 5.56 Å². The first kappa shape index (κ1) is 14.5. The highest BCUT2D eigenvalue weighted by Crippen LogP contribution is 2.15. The highest BCUT2D eigenvalue weighted by molar-refractivity contribution is 5.60. The van der Waals surface area contributed by atoms with Crippen LogP contribution in [0.5, 0.6) is 0 Å². The lowest BCUT2D eigenvalue weighted by molar-refractivity contribution is 0.651. The van der Waals surface area contributed by atoms with Gasteiger partial charge < -0.3 is 0 Å². The molecule has 0 aliphatic heterocycles. The molecule has 0 aliphatic rings. The number of unbranched alkanes of at least 4 members (excludes halogenated alkanes) is 3. The second-order valence-corrected chi connectivity index (χ2v) is 5.46. The number of fused-ring (bicyclic) bond motifs is 1. The van der Waals surface area contributed by atoms with E-state index in [0.717, 1.165) is 24.2 Å². The van der Waals surface area contributed by atoms with Gasteiger partial charge in [-0.25, -0.2) is 4.98 Å². The molecule has 3 aromatic rings. The standard InChI is InChI=1S/C17H20N4O/c1-2-3-4-8-11-15-19-17-18-14(12-16(22)21(17)20-15)13-9-6-5-7-10-13/h5-7,9-10,12H,2-4,8,11H2,1H3,(H,18,19,20). The minimum absolute atomic E-state index is 0.129. The van der Waals surface area contributed by atoms with E-state index < -0.39 is 0 Å². The number of hydrogen-bond donors (Lipinski definition) is 1. The van der Waals surface area contributed by atoms with E-state index in [9.17, 15) is 4.79 Å². The SMILES string of the molecule is CCCCCCc1nc2nc(-c3ccccc3)cc(=O)n2[nH]1. The maximum Gasteiger partial charge on any atom is 0.274 e. The van der Waals surface area contributed by atoms with Gasteiger partial charge >= 0.3 is 0 Å². The van der Waals surface area contributed by atoms with E-state index in [1.165, 1.54) is 23.8 Å². The quantitative estimate of drug-likeness (QED) is 0.710. The fourth-order valence-corrected chi connectivity index (χ4v) is 2.51. The van der Waals surface area contributed by atoms with Crippen molar-refractivity contribution in [3.63, 3.8) is 0 Å². The van der Waals surface area contributed by atoms with Crippen molar-refractivity contribution >= 4 is 5.78 Å². The van der Waals surface area contributed by atoms with Crippen molar-refractivity contribution in [2.45, 2.75) is 39.0 Å². The first-order chi connectivity index (χ1) is 10.8. The molecule has 1 aromatic carbocycles. The molecule has 0 fully saturated rings. The van der Waals surface area contributed by atoms with Crippen LogP contribution in [0.1, 0.15) is 38.4 Å². The molecule has 5 nitrogen and oxygen atoms in total. The number of aromatic amines is 1. The van der Waals surface area contributed by atoms with Gasteiger partial charge in [-0.05, 0) is 6.42 Å². The summed E-state index contributed by atoms with van der Waals surface area (Å²) in [6, 6.07) is 11.2. The van der Waals surface area contributed by atoms with Crippen LogP contribution in [0.25, 0.3) is 17.0 Å². The zero-order chi connectivity index (χ0) is 15.4. The Bertz CT molecular complexity index is 804. The number of nitrogens with zero attached hydrogens (tertiary/aromatic N) is 3. The number of benzene rings is 1. The second kappa shape index (κ2) is 6.56. The molecule has 0 atom stereocenters. The predicted octanol–water partition coefficient (Wildman–Crippen LogP) is 3.21. The van der Waals surface area contributed by atoms with Crippen LogP contribution in [-0.4, -0.2) is 19.6 Å². The van der Waals surface area contributed by atoms with E-state index >= 15 is 0 Å². The van der Waals surface area contributed by atoms with Crippen LogP contribution in [0.4, 0.5) is 0 Å². The van der Waals surface area contributed by atoms with Gasteiger partial charge in [0.2, 0.25) is 0 Å². The van der Waals surface area contributed by atoms with Crippen molar-refractivity contribution in [2.75, 3.05) is 0 Å². The van der Waals surface area contributed by atoms with Crippen LogP contribution < -0.4 is 5.56 Å². The van der Waals surface area contributed by atoms with Crippen molar-refractivity contribution in [1.82, 2.24) is 19.6 Å². The second-order valence-electron chi connectivity index (χ2n) is 5.46. The van der Waals surface area contributed by atoms with E-state index in [1.807, 2.05) is 30.3 Å². The fraction of sp³-hybridized carbons (Fsp3) is 0.353. The third-order valence-corrected chi connectivity index (χ3v) is 3.71. The molecule has 5 heteroatoms. The van der Waals surface area contributed by atoms with Crippen molar-refractivity contribution in [3.8, 4) is 11.3 Å². The van der Waals surface area contributed by atoms with Gasteiger partial charge in [0.1, 0.15) is 5.82 Å². The van der Waals surface area contributed by atoms with Crippen molar-refractivity contribution < 1.29 is 0 Å². The molecule has 1 N–H and O–H groups in total. The average Bonchev–Trinajstić information content (AvgIpc) is 2.96. The summed E-state index contributed by atoms with van der Waals surface area (Å²) in [7, 11) is 0. The molecule has 0 saturated heterocycles. The minimum Gasteiger partial charge on any atom is -0.275 e. The summed E-state index contributed by atoms with van der Waals surface area (Å²) < 4.78 is 1.42. The normalized spacial score (nSPS) is 11.1. The molecule has 2 heterocycles. The first-order valence-corrected chi connectivity index (χ1v) is 7.82. The highest BCUT2D eigenvalue weighted by Gasteiger charge is 2.09. The monoisotopic (exact) mass is 296 g/mol. The van der Waals surface area contributed by atoms with Gasteiger partial charge in [0.15, 0.2) is 0 Å². The molecule has 0 aliphatic carbocycles. The Kier molecular flexibility index (Phi) is 4.32. The molecule has 0 bridgehead atoms. The Balaban J connectivity index is 1.88. The molecule has 114 valence electrons. The summed E-state index contributed by atoms with van der Waals surface area (Å²) in [5.74, 6) is 1.27. The van der Waals surface area contributed by atoms with Crippen molar-refractivity contribution in [2.24, 2.45) is 0 Å². The Hall–Kier alpha value is -2.43. The van der Waals surface area contributed by atoms with Crippen LogP contribution in [0, 0.1) is 0 Å². The average molecular weight is 296 g/mol. The summed E-state index contributed by atoms with van der Waals surface area (Å²) in [6.45, 7) is 2.19. The number of hydrogen-bond acceptors (Lipinski definition) is 3. The van der Waals surface area contributed by atoms with Crippen LogP contribution >= 0.6 is 0 Å². The lowest BCUT2D eigenvalue weighted by Crippen LogP contribution is -2.14. The van der Waals surface area contributed by atoms with Gasteiger partial charge in [-0.2, -0.15) is 9.50 Å². The van der Waals surface area contributed by atoms with Gasteiger partial charge in [0.25, 0.3) is 11.3 Å². The zero-order valence-corrected chi connectivity index (χ0v) is 12.7. The molecule has 22 heavy (non-hydrogen) atoms. The van der Waals surface area contributed by atoms with Crippen LogP contribution in [0.15, 0.2) is 41.2 Å². The van der Waals surface area contributed by atoms with Gasteiger partial charge in [0, 0.05) is 18.1 Å². The Morgan fingerprint density at radius 1 is 1.09 bits per heavy atom. The van der Waals surface area contributed by atoms with Gasteiger partial charge in [-0.15, -0.1) is 0 Å². The molecule has 2 aromatic heterocycles. The summed E-state index contributed by atoms with van der Waals surface area (Å²) in [4.78, 5) is 21.2. The molecular formula is C17H20N4O. The van der Waals surface area contributed by atoms with Crippen molar-refractivity contribution in [1.29, 1.82) is 0 Å². The van der Waals surface area contributed by atoms with E-state index in [4.69, 9.17) is 0 Å². The van der Waals surface area contributed by atoms with E-state index in [0.29, 0.717) is 11.5 Å². The molecule has 0 spiro atoms. The number of H-pyrrole nitrogens is 1. The summed E-state index contributed by atoms with van der Waals surface area (Å²) in [6.07, 6.45) is 5.56. The Labute approximate surface area is 129 Å². The van der Waals surface area contributed by atoms with Gasteiger partial charge in [-0.3, -0.25) is 9.89 Å². The maximum atomic E-state index is 12.2. The molecule has 3 rings (SSSR count). The van der Waals surface area contributed by atoms with Crippen LogP contribution in [0.2, 0.25) is 0 Å². The number of aromatic nitrogens is 4. The fourth-order valence-electron chi connectivity index (χ4n) is 2.51. The lowest BCUT2D eigenvalue weighted by atomic mass is 10.1. The van der Waals surface area contributed by atoms with Gasteiger partial charge in [-0.1, -0.05) is 56.5 Å². The molecule has 0 amide bonds. The van der Waals surface area contributed by atoms with E-state index in [1.54, 1.807) is 6.07 Å². The molecule has 0 unspecified atom stereocenters. The highest BCUT2D eigenvalue weighted by atomic mass is 16.1. The lowest BCUT2D eigenvalue weighted by Gasteiger charge is -1.99. The first-order valence-electron chi connectivity index (χ1n) is 7.82. The number of rotatable bonds is 6. The van der Waals surface area contributed by atoms with Crippen molar-refractivity contribution in [3.05, 3.63) is 52.6 Å². The predicted molar refractivity (Wildman–Crippen MR) is 86.9 cm³/mol. The minimum atomic E-state index is -0.129. The summed E-state index contributed by atoms with van der Waals surface area (Å²) >= 11 is 0. The van der Waals surface area contributed by atoms with Crippen LogP contribution in [-0.2, 0) is 6.42 Å². The zero-order valence-electron chi connectivity index (χ0n) is 12.7. The topological polar surface area (TPSA) is 63.1 Å². The number of aryl methyl sites for hydroxylation is 1. The molecule has 0 radical (unpaired) electrons. The molecule has 0 saturated carbocycles. The third-order valence-electron chi connectivity index (χ3n) is 3.71. The van der Waals surface area contributed by atoms with E-state index in [2.05, 4.69) is 22.0 Å².